The number of hydrogen-bond acceptors (Lipinski definition) is 2. The molecule has 0 aliphatic carbocycles. The molecule has 20 heavy (non-hydrogen) atoms. The van der Waals surface area contributed by atoms with E-state index >= 15 is 0 Å². The zero-order chi connectivity index (χ0) is 15.0. The average Bonchev–Trinajstić information content (AvgIpc) is 2.37. The molecule has 0 aliphatic rings. The number of unbranched alkanes of at least 4 members (excludes halogenated alkanes) is 4. The lowest BCUT2D eigenvalue weighted by Gasteiger charge is -2.13. The van der Waals surface area contributed by atoms with Gasteiger partial charge >= 0.3 is 6.36 Å². The van der Waals surface area contributed by atoms with Crippen molar-refractivity contribution in [2.75, 3.05) is 0 Å². The molecule has 5 heteroatoms. The SMILES string of the molecule is CCCCCCCC(O)c1ccc(OC(F)(F)F)cc1. The summed E-state index contributed by atoms with van der Waals surface area (Å²) in [5, 5.41) is 9.94. The Morgan fingerprint density at radius 2 is 1.65 bits per heavy atom. The van der Waals surface area contributed by atoms with Crippen LogP contribution in [0.25, 0.3) is 0 Å². The van der Waals surface area contributed by atoms with E-state index in [-0.39, 0.29) is 5.75 Å². The summed E-state index contributed by atoms with van der Waals surface area (Å²) in [6.45, 7) is 2.14. The van der Waals surface area contributed by atoms with E-state index in [0.29, 0.717) is 12.0 Å². The topological polar surface area (TPSA) is 29.5 Å². The number of aliphatic hydroxyl groups is 1. The van der Waals surface area contributed by atoms with Crippen LogP contribution in [-0.2, 0) is 0 Å². The number of rotatable bonds is 8. The van der Waals surface area contributed by atoms with E-state index < -0.39 is 12.5 Å². The maximum atomic E-state index is 12.0. The van der Waals surface area contributed by atoms with Gasteiger partial charge in [0.2, 0.25) is 0 Å². The van der Waals surface area contributed by atoms with Gasteiger partial charge in [0.05, 0.1) is 6.10 Å². The van der Waals surface area contributed by atoms with E-state index in [1.54, 1.807) is 0 Å². The summed E-state index contributed by atoms with van der Waals surface area (Å²) in [7, 11) is 0. The van der Waals surface area contributed by atoms with Crippen molar-refractivity contribution in [3.63, 3.8) is 0 Å². The molecule has 0 saturated carbocycles. The molecule has 1 aromatic carbocycles. The van der Waals surface area contributed by atoms with Crippen LogP contribution in [0.3, 0.4) is 0 Å². The Bertz CT molecular complexity index is 374. The van der Waals surface area contributed by atoms with Gasteiger partial charge in [0.15, 0.2) is 0 Å². The van der Waals surface area contributed by atoms with E-state index in [4.69, 9.17) is 0 Å². The van der Waals surface area contributed by atoms with Gasteiger partial charge in [0.1, 0.15) is 5.75 Å². The number of ether oxygens (including phenoxy) is 1. The largest absolute Gasteiger partial charge is 0.573 e. The minimum Gasteiger partial charge on any atom is -0.406 e. The molecule has 0 aromatic heterocycles. The molecule has 1 rings (SSSR count). The first-order valence-electron chi connectivity index (χ1n) is 6.96. The summed E-state index contributed by atoms with van der Waals surface area (Å²) >= 11 is 0. The lowest BCUT2D eigenvalue weighted by Crippen LogP contribution is -2.17. The van der Waals surface area contributed by atoms with Crippen molar-refractivity contribution in [1.82, 2.24) is 0 Å². The lowest BCUT2D eigenvalue weighted by molar-refractivity contribution is -0.274. The van der Waals surface area contributed by atoms with Crippen LogP contribution in [0, 0.1) is 0 Å². The van der Waals surface area contributed by atoms with Crippen LogP contribution >= 0.6 is 0 Å². The minimum absolute atomic E-state index is 0.267. The van der Waals surface area contributed by atoms with E-state index in [2.05, 4.69) is 11.7 Å². The van der Waals surface area contributed by atoms with Crippen molar-refractivity contribution >= 4 is 0 Å². The Labute approximate surface area is 117 Å². The van der Waals surface area contributed by atoms with Gasteiger partial charge in [-0.05, 0) is 24.1 Å². The summed E-state index contributed by atoms with van der Waals surface area (Å²) in [6.07, 6.45) is 0.825. The molecule has 0 bridgehead atoms. The smallest absolute Gasteiger partial charge is 0.406 e. The average molecular weight is 290 g/mol. The number of alkyl halides is 3. The highest BCUT2D eigenvalue weighted by atomic mass is 19.4. The van der Waals surface area contributed by atoms with Gasteiger partial charge in [-0.15, -0.1) is 13.2 Å². The molecule has 0 aliphatic heterocycles. The molecule has 0 radical (unpaired) electrons. The van der Waals surface area contributed by atoms with Crippen LogP contribution in [0.5, 0.6) is 5.75 Å². The summed E-state index contributed by atoms with van der Waals surface area (Å²) in [4.78, 5) is 0. The Kier molecular flexibility index (Phi) is 6.85. The van der Waals surface area contributed by atoms with Gasteiger partial charge in [0, 0.05) is 0 Å². The lowest BCUT2D eigenvalue weighted by atomic mass is 10.0. The third kappa shape index (κ3) is 6.80. The van der Waals surface area contributed by atoms with Crippen molar-refractivity contribution in [3.05, 3.63) is 29.8 Å². The maximum absolute atomic E-state index is 12.0. The third-order valence-corrected chi connectivity index (χ3v) is 3.08. The zero-order valence-electron chi connectivity index (χ0n) is 11.6. The van der Waals surface area contributed by atoms with E-state index in [1.807, 2.05) is 0 Å². The molecule has 0 saturated heterocycles. The number of benzene rings is 1. The van der Waals surface area contributed by atoms with Gasteiger partial charge in [-0.3, -0.25) is 0 Å². The van der Waals surface area contributed by atoms with Crippen LogP contribution in [0.15, 0.2) is 24.3 Å². The second-order valence-electron chi connectivity index (χ2n) is 4.84. The Balaban J connectivity index is 2.39. The second kappa shape index (κ2) is 8.15. The normalized spacial score (nSPS) is 13.2. The molecule has 114 valence electrons. The molecule has 0 heterocycles. The van der Waals surface area contributed by atoms with Crippen LogP contribution in [0.4, 0.5) is 13.2 Å². The maximum Gasteiger partial charge on any atom is 0.573 e. The summed E-state index contributed by atoms with van der Waals surface area (Å²) in [6, 6.07) is 5.39. The molecule has 0 spiro atoms. The quantitative estimate of drug-likeness (QED) is 0.684. The third-order valence-electron chi connectivity index (χ3n) is 3.08. The van der Waals surface area contributed by atoms with Crippen LogP contribution in [0.1, 0.15) is 57.1 Å². The first-order valence-corrected chi connectivity index (χ1v) is 6.96. The van der Waals surface area contributed by atoms with Crippen molar-refractivity contribution in [3.8, 4) is 5.75 Å². The molecule has 1 aromatic rings. The highest BCUT2D eigenvalue weighted by Gasteiger charge is 2.31. The number of halogens is 3. The molecule has 1 N–H and O–H groups in total. The van der Waals surface area contributed by atoms with E-state index in [1.165, 1.54) is 37.1 Å². The predicted molar refractivity (Wildman–Crippen MR) is 71.5 cm³/mol. The zero-order valence-corrected chi connectivity index (χ0v) is 11.6. The van der Waals surface area contributed by atoms with E-state index in [0.717, 1.165) is 19.3 Å². The molecule has 1 unspecified atom stereocenters. The minimum atomic E-state index is -4.68. The molecule has 0 fully saturated rings. The van der Waals surface area contributed by atoms with Crippen molar-refractivity contribution in [1.29, 1.82) is 0 Å². The molecular formula is C15H21F3O2. The fourth-order valence-electron chi connectivity index (χ4n) is 2.00. The Hall–Kier alpha value is -1.23. The first-order chi connectivity index (χ1) is 9.42. The van der Waals surface area contributed by atoms with E-state index in [9.17, 15) is 18.3 Å². The van der Waals surface area contributed by atoms with Crippen LogP contribution in [-0.4, -0.2) is 11.5 Å². The van der Waals surface area contributed by atoms with Gasteiger partial charge < -0.3 is 9.84 Å². The molecule has 1 atom stereocenters. The Morgan fingerprint density at radius 1 is 1.05 bits per heavy atom. The monoisotopic (exact) mass is 290 g/mol. The van der Waals surface area contributed by atoms with Crippen LogP contribution in [0.2, 0.25) is 0 Å². The summed E-state index contributed by atoms with van der Waals surface area (Å²) < 4.78 is 39.8. The molecular weight excluding hydrogens is 269 g/mol. The second-order valence-corrected chi connectivity index (χ2v) is 4.84. The Morgan fingerprint density at radius 3 is 2.20 bits per heavy atom. The highest BCUT2D eigenvalue weighted by Crippen LogP contribution is 2.26. The standard InChI is InChI=1S/C15H21F3O2/c1-2-3-4-5-6-7-14(19)12-8-10-13(11-9-12)20-15(16,17)18/h8-11,14,19H,2-7H2,1H3. The fourth-order valence-corrected chi connectivity index (χ4v) is 2.00. The summed E-state index contributed by atoms with van der Waals surface area (Å²) in [5.74, 6) is -0.267. The van der Waals surface area contributed by atoms with Crippen LogP contribution < -0.4 is 4.74 Å². The fraction of sp³-hybridized carbons (Fsp3) is 0.600. The van der Waals surface area contributed by atoms with Crippen molar-refractivity contribution in [2.45, 2.75) is 57.9 Å². The van der Waals surface area contributed by atoms with Gasteiger partial charge in [-0.2, -0.15) is 0 Å². The molecule has 0 amide bonds. The van der Waals surface area contributed by atoms with Crippen molar-refractivity contribution < 1.29 is 23.0 Å². The van der Waals surface area contributed by atoms with Crippen molar-refractivity contribution in [2.24, 2.45) is 0 Å². The summed E-state index contributed by atoms with van der Waals surface area (Å²) in [5.41, 5.74) is 0.620. The number of aliphatic hydroxyl groups excluding tert-OH is 1. The number of hydrogen-bond donors (Lipinski definition) is 1. The van der Waals surface area contributed by atoms with Gasteiger partial charge in [0.25, 0.3) is 0 Å². The van der Waals surface area contributed by atoms with Gasteiger partial charge in [-0.25, -0.2) is 0 Å². The molecule has 2 nitrogen and oxygen atoms in total. The predicted octanol–water partition coefficient (Wildman–Crippen LogP) is 4.98. The first kappa shape index (κ1) is 16.8. The highest BCUT2D eigenvalue weighted by molar-refractivity contribution is 5.28. The van der Waals surface area contributed by atoms with Gasteiger partial charge in [-0.1, -0.05) is 51.2 Å².